The molecule has 0 saturated heterocycles. The van der Waals surface area contributed by atoms with Crippen LogP contribution in [0.25, 0.3) is 0 Å². The van der Waals surface area contributed by atoms with Gasteiger partial charge >= 0.3 is 0 Å². The minimum absolute atomic E-state index is 0.159. The van der Waals surface area contributed by atoms with Crippen molar-refractivity contribution in [3.63, 3.8) is 0 Å². The Bertz CT molecular complexity index is 651. The second-order valence-electron chi connectivity index (χ2n) is 6.56. The maximum atomic E-state index is 14.4. The fraction of sp³-hybridized carbons (Fsp3) is 0.409. The first kappa shape index (κ1) is 19.7. The summed E-state index contributed by atoms with van der Waals surface area (Å²) in [5.74, 6) is 0.159. The number of rotatable bonds is 10. The van der Waals surface area contributed by atoms with Crippen LogP contribution in [0, 0.1) is 0 Å². The standard InChI is InChI=1S/C22H29O2P/c1-3-5-17-21(23)22(18-6-4-2)25(24,19-13-9-7-10-14-19)20-15-11-8-12-16-20/h7-16,22H,3-6,17-18H2,1-2H3. The van der Waals surface area contributed by atoms with E-state index in [-0.39, 0.29) is 5.78 Å². The molecule has 3 heteroatoms. The van der Waals surface area contributed by atoms with Gasteiger partial charge < -0.3 is 4.57 Å². The van der Waals surface area contributed by atoms with Crippen LogP contribution < -0.4 is 10.6 Å². The van der Waals surface area contributed by atoms with Gasteiger partial charge in [-0.15, -0.1) is 0 Å². The molecule has 0 aliphatic carbocycles. The van der Waals surface area contributed by atoms with Crippen molar-refractivity contribution < 1.29 is 9.36 Å². The summed E-state index contributed by atoms with van der Waals surface area (Å²) in [5, 5.41) is 1.60. The highest BCUT2D eigenvalue weighted by molar-refractivity contribution is 7.80. The van der Waals surface area contributed by atoms with Crippen molar-refractivity contribution in [2.75, 3.05) is 0 Å². The SMILES string of the molecule is CCCCC(=O)C(CCCC)P(=O)(c1ccccc1)c1ccccc1. The van der Waals surface area contributed by atoms with Gasteiger partial charge in [0.2, 0.25) is 0 Å². The van der Waals surface area contributed by atoms with E-state index in [4.69, 9.17) is 0 Å². The third kappa shape index (κ3) is 4.70. The topological polar surface area (TPSA) is 34.1 Å². The number of Topliss-reactive ketones (excluding diaryl/α,β-unsaturated/α-hetero) is 1. The van der Waals surface area contributed by atoms with Gasteiger partial charge in [-0.3, -0.25) is 4.79 Å². The monoisotopic (exact) mass is 356 g/mol. The fourth-order valence-electron chi connectivity index (χ4n) is 3.27. The minimum atomic E-state index is -3.01. The molecule has 0 bridgehead atoms. The molecule has 0 spiro atoms. The zero-order valence-electron chi connectivity index (χ0n) is 15.4. The predicted molar refractivity (Wildman–Crippen MR) is 108 cm³/mol. The molecule has 0 N–H and O–H groups in total. The van der Waals surface area contributed by atoms with Crippen LogP contribution in [0.15, 0.2) is 60.7 Å². The van der Waals surface area contributed by atoms with E-state index >= 15 is 0 Å². The highest BCUT2D eigenvalue weighted by Gasteiger charge is 2.40. The Hall–Kier alpha value is -1.66. The van der Waals surface area contributed by atoms with Crippen LogP contribution in [-0.2, 0) is 9.36 Å². The summed E-state index contributed by atoms with van der Waals surface area (Å²) < 4.78 is 14.4. The average Bonchev–Trinajstić information content (AvgIpc) is 2.67. The second-order valence-corrected chi connectivity index (χ2v) is 9.53. The van der Waals surface area contributed by atoms with Gasteiger partial charge in [-0.05, 0) is 12.8 Å². The molecule has 1 atom stereocenters. The van der Waals surface area contributed by atoms with Crippen LogP contribution >= 0.6 is 7.14 Å². The van der Waals surface area contributed by atoms with Gasteiger partial charge in [0.25, 0.3) is 0 Å². The zero-order valence-corrected chi connectivity index (χ0v) is 16.3. The molecule has 0 aliphatic rings. The molecule has 0 saturated carbocycles. The quantitative estimate of drug-likeness (QED) is 0.540. The van der Waals surface area contributed by atoms with Gasteiger partial charge in [-0.1, -0.05) is 93.8 Å². The van der Waals surface area contributed by atoms with Crippen LogP contribution in [0.4, 0.5) is 0 Å². The summed E-state index contributed by atoms with van der Waals surface area (Å²) in [4.78, 5) is 13.0. The number of carbonyl (C=O) groups is 1. The fourth-order valence-corrected chi connectivity index (χ4v) is 6.60. The van der Waals surface area contributed by atoms with E-state index in [9.17, 15) is 9.36 Å². The van der Waals surface area contributed by atoms with E-state index < -0.39 is 12.8 Å². The Morgan fingerprint density at radius 3 is 1.76 bits per heavy atom. The molecule has 0 aliphatic heterocycles. The van der Waals surface area contributed by atoms with Gasteiger partial charge in [-0.25, -0.2) is 0 Å². The molecule has 0 radical (unpaired) electrons. The Kier molecular flexibility index (Phi) is 7.65. The first-order chi connectivity index (χ1) is 12.1. The summed E-state index contributed by atoms with van der Waals surface area (Å²) >= 11 is 0. The van der Waals surface area contributed by atoms with E-state index in [1.54, 1.807) is 0 Å². The Morgan fingerprint density at radius 1 is 0.840 bits per heavy atom. The molecule has 0 amide bonds. The normalized spacial score (nSPS) is 12.7. The molecule has 0 fully saturated rings. The average molecular weight is 356 g/mol. The number of benzene rings is 2. The first-order valence-electron chi connectivity index (χ1n) is 9.38. The Balaban J connectivity index is 2.54. The summed E-state index contributed by atoms with van der Waals surface area (Å²) in [6.07, 6.45) is 4.99. The van der Waals surface area contributed by atoms with Crippen molar-refractivity contribution in [3.05, 3.63) is 60.7 Å². The number of ketones is 1. The van der Waals surface area contributed by atoms with E-state index in [0.29, 0.717) is 12.8 Å². The van der Waals surface area contributed by atoms with Crippen molar-refractivity contribution in [1.29, 1.82) is 0 Å². The lowest BCUT2D eigenvalue weighted by Crippen LogP contribution is -2.32. The van der Waals surface area contributed by atoms with Crippen molar-refractivity contribution in [2.24, 2.45) is 0 Å². The third-order valence-electron chi connectivity index (χ3n) is 4.70. The van der Waals surface area contributed by atoms with Crippen molar-refractivity contribution in [2.45, 2.75) is 58.0 Å². The lowest BCUT2D eigenvalue weighted by Gasteiger charge is -2.28. The molecule has 1 unspecified atom stereocenters. The van der Waals surface area contributed by atoms with Crippen LogP contribution in [0.3, 0.4) is 0 Å². The highest BCUT2D eigenvalue weighted by atomic mass is 31.2. The van der Waals surface area contributed by atoms with Crippen LogP contribution in [0.2, 0.25) is 0 Å². The molecule has 0 aromatic heterocycles. The molecule has 25 heavy (non-hydrogen) atoms. The largest absolute Gasteiger partial charge is 0.313 e. The molecular weight excluding hydrogens is 327 g/mol. The van der Waals surface area contributed by atoms with E-state index in [2.05, 4.69) is 13.8 Å². The van der Waals surface area contributed by atoms with E-state index in [1.165, 1.54) is 0 Å². The summed E-state index contributed by atoms with van der Waals surface area (Å²) in [5.41, 5.74) is -0.413. The molecular formula is C22H29O2P. The van der Waals surface area contributed by atoms with E-state index in [1.807, 2.05) is 60.7 Å². The summed E-state index contributed by atoms with van der Waals surface area (Å²) in [6.45, 7) is 4.20. The maximum Gasteiger partial charge on any atom is 0.153 e. The van der Waals surface area contributed by atoms with Crippen LogP contribution in [-0.4, -0.2) is 11.4 Å². The molecule has 2 nitrogen and oxygen atoms in total. The number of hydrogen-bond acceptors (Lipinski definition) is 2. The van der Waals surface area contributed by atoms with Gasteiger partial charge in [0.1, 0.15) is 5.78 Å². The smallest absolute Gasteiger partial charge is 0.153 e. The van der Waals surface area contributed by atoms with Crippen LogP contribution in [0.5, 0.6) is 0 Å². The molecule has 2 aromatic rings. The zero-order chi connectivity index (χ0) is 18.1. The molecule has 0 heterocycles. The molecule has 2 rings (SSSR count). The number of hydrogen-bond donors (Lipinski definition) is 0. The number of carbonyl (C=O) groups excluding carboxylic acids is 1. The van der Waals surface area contributed by atoms with Crippen LogP contribution in [0.1, 0.15) is 52.4 Å². The second kappa shape index (κ2) is 9.73. The molecule has 2 aromatic carbocycles. The van der Waals surface area contributed by atoms with Crippen molar-refractivity contribution in [1.82, 2.24) is 0 Å². The van der Waals surface area contributed by atoms with Gasteiger partial charge in [0.15, 0.2) is 7.14 Å². The highest BCUT2D eigenvalue weighted by Crippen LogP contribution is 2.51. The van der Waals surface area contributed by atoms with Gasteiger partial charge in [0.05, 0.1) is 5.66 Å². The van der Waals surface area contributed by atoms with Crippen molar-refractivity contribution in [3.8, 4) is 0 Å². The predicted octanol–water partition coefficient (Wildman–Crippen LogP) is 5.32. The third-order valence-corrected chi connectivity index (χ3v) is 8.25. The van der Waals surface area contributed by atoms with Crippen molar-refractivity contribution >= 4 is 23.5 Å². The Morgan fingerprint density at radius 2 is 1.32 bits per heavy atom. The minimum Gasteiger partial charge on any atom is -0.313 e. The summed E-state index contributed by atoms with van der Waals surface area (Å²) in [7, 11) is -3.01. The summed E-state index contributed by atoms with van der Waals surface area (Å²) in [6, 6.07) is 19.2. The first-order valence-corrected chi connectivity index (χ1v) is 11.2. The lowest BCUT2D eigenvalue weighted by molar-refractivity contribution is -0.118. The lowest BCUT2D eigenvalue weighted by atomic mass is 10.1. The molecule has 134 valence electrons. The Labute approximate surface area is 152 Å². The maximum absolute atomic E-state index is 14.4. The number of unbranched alkanes of at least 4 members (excludes halogenated alkanes) is 2. The van der Waals surface area contributed by atoms with E-state index in [0.717, 1.165) is 36.3 Å². The van der Waals surface area contributed by atoms with Gasteiger partial charge in [-0.2, -0.15) is 0 Å². The van der Waals surface area contributed by atoms with Gasteiger partial charge in [0, 0.05) is 17.0 Å².